The lowest BCUT2D eigenvalue weighted by Crippen LogP contribution is -2.39. The lowest BCUT2D eigenvalue weighted by Gasteiger charge is -2.17. The summed E-state index contributed by atoms with van der Waals surface area (Å²) in [4.78, 5) is 22.7. The molecular formula is C9H13N5O. The molecule has 15 heavy (non-hydrogen) atoms. The number of carbonyl (C=O) groups is 1. The maximum atomic E-state index is 11.2. The highest BCUT2D eigenvalue weighted by Crippen LogP contribution is 2.32. The molecule has 80 valence electrons. The third kappa shape index (κ3) is 1.58. The number of nitrogens with two attached hydrogens (primary N) is 1. The molecule has 0 saturated carbocycles. The Morgan fingerprint density at radius 3 is 3.13 bits per heavy atom. The smallest absolute Gasteiger partial charge is 0.320 e. The third-order valence-electron chi connectivity index (χ3n) is 2.33. The summed E-state index contributed by atoms with van der Waals surface area (Å²) in [5.41, 5.74) is 5.97. The van der Waals surface area contributed by atoms with Crippen LogP contribution in [0.1, 0.15) is 13.3 Å². The molecule has 2 rings (SSSR count). The lowest BCUT2D eigenvalue weighted by atomic mass is 10.4. The Labute approximate surface area is 87.7 Å². The first-order chi connectivity index (χ1) is 7.24. The minimum absolute atomic E-state index is 0.468. The van der Waals surface area contributed by atoms with E-state index in [1.165, 1.54) is 11.2 Å². The standard InChI is InChI=1S/C9H13N5O/c1-2-3-13-6-14(9(10)15)7-4-11-5-12-8(7)13/h4-5H,2-3,6H2,1H3,(H2,10,15). The minimum Gasteiger partial charge on any atom is -0.351 e. The largest absolute Gasteiger partial charge is 0.351 e. The molecule has 0 radical (unpaired) electrons. The third-order valence-corrected chi connectivity index (χ3v) is 2.33. The van der Waals surface area contributed by atoms with E-state index in [2.05, 4.69) is 16.9 Å². The topological polar surface area (TPSA) is 75.3 Å². The van der Waals surface area contributed by atoms with Crippen molar-refractivity contribution in [2.24, 2.45) is 5.73 Å². The van der Waals surface area contributed by atoms with Crippen molar-refractivity contribution in [3.05, 3.63) is 12.5 Å². The van der Waals surface area contributed by atoms with Crippen LogP contribution in [0.2, 0.25) is 0 Å². The van der Waals surface area contributed by atoms with Gasteiger partial charge in [-0.3, -0.25) is 4.90 Å². The predicted octanol–water partition coefficient (Wildman–Crippen LogP) is 0.549. The van der Waals surface area contributed by atoms with Crippen molar-refractivity contribution < 1.29 is 4.79 Å². The molecule has 1 aromatic heterocycles. The Morgan fingerprint density at radius 1 is 1.67 bits per heavy atom. The summed E-state index contributed by atoms with van der Waals surface area (Å²) in [6.07, 6.45) is 4.09. The Morgan fingerprint density at radius 2 is 2.47 bits per heavy atom. The first-order valence-electron chi connectivity index (χ1n) is 4.86. The molecule has 1 aliphatic rings. The van der Waals surface area contributed by atoms with Gasteiger partial charge in [0.1, 0.15) is 18.7 Å². The Kier molecular flexibility index (Phi) is 2.40. The molecule has 0 spiro atoms. The van der Waals surface area contributed by atoms with E-state index in [9.17, 15) is 4.79 Å². The van der Waals surface area contributed by atoms with E-state index in [-0.39, 0.29) is 0 Å². The summed E-state index contributed by atoms with van der Waals surface area (Å²) in [5.74, 6) is 0.783. The fourth-order valence-corrected chi connectivity index (χ4v) is 1.70. The van der Waals surface area contributed by atoms with Crippen LogP contribution in [0.25, 0.3) is 0 Å². The normalized spacial score (nSPS) is 14.2. The van der Waals surface area contributed by atoms with Gasteiger partial charge in [-0.05, 0) is 6.42 Å². The van der Waals surface area contributed by atoms with E-state index in [0.29, 0.717) is 12.4 Å². The zero-order valence-electron chi connectivity index (χ0n) is 8.55. The molecule has 2 N–H and O–H groups in total. The van der Waals surface area contributed by atoms with Crippen LogP contribution in [-0.2, 0) is 0 Å². The number of primary amides is 1. The maximum absolute atomic E-state index is 11.2. The van der Waals surface area contributed by atoms with Gasteiger partial charge in [-0.2, -0.15) is 0 Å². The molecule has 0 saturated heterocycles. The number of fused-ring (bicyclic) bond motifs is 1. The fourth-order valence-electron chi connectivity index (χ4n) is 1.70. The number of hydrogen-bond acceptors (Lipinski definition) is 4. The molecule has 0 aliphatic carbocycles. The van der Waals surface area contributed by atoms with E-state index in [1.807, 2.05) is 4.90 Å². The molecule has 0 atom stereocenters. The van der Waals surface area contributed by atoms with Gasteiger partial charge in [-0.25, -0.2) is 14.8 Å². The summed E-state index contributed by atoms with van der Waals surface area (Å²) in [5, 5.41) is 0. The van der Waals surface area contributed by atoms with Gasteiger partial charge in [0.05, 0.1) is 6.20 Å². The van der Waals surface area contributed by atoms with E-state index >= 15 is 0 Å². The first-order valence-corrected chi connectivity index (χ1v) is 4.86. The fraction of sp³-hybridized carbons (Fsp3) is 0.444. The van der Waals surface area contributed by atoms with E-state index < -0.39 is 6.03 Å². The number of amides is 2. The number of nitrogens with zero attached hydrogens (tertiary/aromatic N) is 4. The first kappa shape index (κ1) is 9.70. The molecular weight excluding hydrogens is 194 g/mol. The summed E-state index contributed by atoms with van der Waals surface area (Å²) in [7, 11) is 0. The second-order valence-corrected chi connectivity index (χ2v) is 3.40. The van der Waals surface area contributed by atoms with Crippen molar-refractivity contribution in [1.29, 1.82) is 0 Å². The Bertz CT molecular complexity index is 381. The summed E-state index contributed by atoms with van der Waals surface area (Å²) < 4.78 is 0. The Hall–Kier alpha value is -1.85. The van der Waals surface area contributed by atoms with Crippen LogP contribution in [0.5, 0.6) is 0 Å². The second kappa shape index (κ2) is 3.72. The zero-order chi connectivity index (χ0) is 10.8. The number of hydrogen-bond donors (Lipinski definition) is 1. The lowest BCUT2D eigenvalue weighted by molar-refractivity contribution is 0.254. The highest BCUT2D eigenvalue weighted by Gasteiger charge is 2.29. The SMILES string of the molecule is CCCN1CN(C(N)=O)c2cncnc21. The summed E-state index contributed by atoms with van der Waals surface area (Å²) in [6, 6.07) is -0.468. The Balaban J connectivity index is 2.35. The molecule has 2 heterocycles. The van der Waals surface area contributed by atoms with Crippen LogP contribution in [0, 0.1) is 0 Å². The number of anilines is 2. The molecule has 0 aromatic carbocycles. The number of rotatable bonds is 2. The van der Waals surface area contributed by atoms with Crippen molar-refractivity contribution >= 4 is 17.5 Å². The molecule has 6 heteroatoms. The predicted molar refractivity (Wildman–Crippen MR) is 56.6 cm³/mol. The molecule has 0 fully saturated rings. The summed E-state index contributed by atoms with van der Waals surface area (Å²) in [6.45, 7) is 3.40. The molecule has 0 unspecified atom stereocenters. The van der Waals surface area contributed by atoms with Gasteiger partial charge < -0.3 is 10.6 Å². The molecule has 6 nitrogen and oxygen atoms in total. The van der Waals surface area contributed by atoms with Crippen molar-refractivity contribution in [3.63, 3.8) is 0 Å². The average molecular weight is 207 g/mol. The van der Waals surface area contributed by atoms with Crippen LogP contribution in [0.15, 0.2) is 12.5 Å². The van der Waals surface area contributed by atoms with Crippen LogP contribution in [0.3, 0.4) is 0 Å². The van der Waals surface area contributed by atoms with Gasteiger partial charge >= 0.3 is 6.03 Å². The highest BCUT2D eigenvalue weighted by molar-refractivity contribution is 5.96. The second-order valence-electron chi connectivity index (χ2n) is 3.40. The minimum atomic E-state index is -0.468. The average Bonchev–Trinajstić information content (AvgIpc) is 2.59. The van der Waals surface area contributed by atoms with Crippen molar-refractivity contribution in [2.45, 2.75) is 13.3 Å². The molecule has 1 aliphatic heterocycles. The van der Waals surface area contributed by atoms with Crippen LogP contribution in [0.4, 0.5) is 16.3 Å². The van der Waals surface area contributed by atoms with Gasteiger partial charge in [0.25, 0.3) is 0 Å². The molecule has 2 amide bonds. The van der Waals surface area contributed by atoms with Crippen LogP contribution < -0.4 is 15.5 Å². The van der Waals surface area contributed by atoms with Crippen molar-refractivity contribution in [3.8, 4) is 0 Å². The van der Waals surface area contributed by atoms with Gasteiger partial charge in [0.2, 0.25) is 0 Å². The molecule has 0 bridgehead atoms. The maximum Gasteiger partial charge on any atom is 0.320 e. The number of aromatic nitrogens is 2. The van der Waals surface area contributed by atoms with Crippen molar-refractivity contribution in [1.82, 2.24) is 9.97 Å². The van der Waals surface area contributed by atoms with Crippen LogP contribution in [-0.4, -0.2) is 29.2 Å². The van der Waals surface area contributed by atoms with Gasteiger partial charge in [-0.15, -0.1) is 0 Å². The summed E-state index contributed by atoms with van der Waals surface area (Å²) >= 11 is 0. The van der Waals surface area contributed by atoms with Crippen LogP contribution >= 0.6 is 0 Å². The van der Waals surface area contributed by atoms with E-state index in [0.717, 1.165) is 18.8 Å². The van der Waals surface area contributed by atoms with E-state index in [1.54, 1.807) is 6.20 Å². The van der Waals surface area contributed by atoms with E-state index in [4.69, 9.17) is 5.73 Å². The van der Waals surface area contributed by atoms with Gasteiger partial charge in [-0.1, -0.05) is 6.92 Å². The monoisotopic (exact) mass is 207 g/mol. The van der Waals surface area contributed by atoms with Gasteiger partial charge in [0.15, 0.2) is 5.82 Å². The number of urea groups is 1. The zero-order valence-corrected chi connectivity index (χ0v) is 8.55. The highest BCUT2D eigenvalue weighted by atomic mass is 16.2. The number of carbonyl (C=O) groups excluding carboxylic acids is 1. The van der Waals surface area contributed by atoms with Crippen molar-refractivity contribution in [2.75, 3.05) is 23.0 Å². The van der Waals surface area contributed by atoms with Gasteiger partial charge in [0, 0.05) is 6.54 Å². The molecule has 1 aromatic rings. The quantitative estimate of drug-likeness (QED) is 0.768.